The lowest BCUT2D eigenvalue weighted by Gasteiger charge is -2.32. The minimum absolute atomic E-state index is 0.0382. The normalized spacial score (nSPS) is 27.2. The van der Waals surface area contributed by atoms with E-state index in [4.69, 9.17) is 4.84 Å². The van der Waals surface area contributed by atoms with Crippen molar-refractivity contribution in [3.05, 3.63) is 11.3 Å². The number of aliphatic hydroxyl groups is 1. The van der Waals surface area contributed by atoms with Gasteiger partial charge >= 0.3 is 0 Å². The van der Waals surface area contributed by atoms with Gasteiger partial charge in [0.15, 0.2) is 5.78 Å². The number of hydrogen-bond donors (Lipinski definition) is 1. The molecule has 1 saturated heterocycles. The third-order valence-electron chi connectivity index (χ3n) is 4.41. The zero-order valence-electron chi connectivity index (χ0n) is 13.6. The van der Waals surface area contributed by atoms with Crippen LogP contribution in [0.25, 0.3) is 0 Å². The van der Waals surface area contributed by atoms with E-state index in [-0.39, 0.29) is 11.5 Å². The number of ketones is 1. The molecular formula is C17H27NO3S. The highest BCUT2D eigenvalue weighted by molar-refractivity contribution is 7.99. The molecule has 1 heterocycles. The lowest BCUT2D eigenvalue weighted by atomic mass is 9.76. The third kappa shape index (κ3) is 4.28. The maximum Gasteiger partial charge on any atom is 0.168 e. The lowest BCUT2D eigenvalue weighted by Crippen LogP contribution is -2.30. The van der Waals surface area contributed by atoms with Gasteiger partial charge in [-0.2, -0.15) is 11.8 Å². The Morgan fingerprint density at radius 2 is 2.18 bits per heavy atom. The number of carbonyl (C=O) groups excluding carboxylic acids is 1. The molecule has 1 aliphatic carbocycles. The number of thioether (sulfide) groups is 1. The quantitative estimate of drug-likeness (QED) is 0.589. The fourth-order valence-electron chi connectivity index (χ4n) is 3.32. The molecule has 0 amide bonds. The number of rotatable bonds is 6. The molecule has 2 aliphatic rings. The smallest absolute Gasteiger partial charge is 0.168 e. The highest BCUT2D eigenvalue weighted by Gasteiger charge is 2.35. The average molecular weight is 325 g/mol. The second-order valence-corrected chi connectivity index (χ2v) is 7.25. The molecule has 1 aliphatic heterocycles. The van der Waals surface area contributed by atoms with E-state index in [1.807, 2.05) is 25.6 Å². The Morgan fingerprint density at radius 3 is 2.77 bits per heavy atom. The van der Waals surface area contributed by atoms with Crippen LogP contribution in [0, 0.1) is 11.8 Å². The fourth-order valence-corrected chi connectivity index (χ4v) is 4.60. The molecule has 4 nitrogen and oxygen atoms in total. The van der Waals surface area contributed by atoms with Crippen LogP contribution in [0.1, 0.15) is 52.4 Å². The maximum absolute atomic E-state index is 12.6. The van der Waals surface area contributed by atoms with Gasteiger partial charge in [0.1, 0.15) is 12.4 Å². The molecular weight excluding hydrogens is 298 g/mol. The minimum atomic E-state index is 0.0382. The molecule has 0 bridgehead atoms. The average Bonchev–Trinajstić information content (AvgIpc) is 2.52. The summed E-state index contributed by atoms with van der Waals surface area (Å²) in [5.41, 5.74) is 1.04. The van der Waals surface area contributed by atoms with Crippen molar-refractivity contribution in [2.24, 2.45) is 17.0 Å². The molecule has 0 aromatic carbocycles. The van der Waals surface area contributed by atoms with Gasteiger partial charge in [0, 0.05) is 12.8 Å². The Kier molecular flexibility index (Phi) is 6.80. The van der Waals surface area contributed by atoms with E-state index >= 15 is 0 Å². The number of nitrogens with zero attached hydrogens (tertiary/aromatic N) is 1. The van der Waals surface area contributed by atoms with Crippen LogP contribution in [0.15, 0.2) is 16.5 Å². The van der Waals surface area contributed by atoms with Gasteiger partial charge in [-0.15, -0.1) is 0 Å². The first kappa shape index (κ1) is 17.4. The van der Waals surface area contributed by atoms with Gasteiger partial charge in [0.05, 0.1) is 11.3 Å². The van der Waals surface area contributed by atoms with Crippen molar-refractivity contribution in [2.75, 3.05) is 18.1 Å². The molecule has 0 aromatic rings. The summed E-state index contributed by atoms with van der Waals surface area (Å²) in [5, 5.41) is 14.5. The first-order chi connectivity index (χ1) is 10.7. The van der Waals surface area contributed by atoms with E-state index in [1.54, 1.807) is 0 Å². The molecule has 0 unspecified atom stereocenters. The number of hydrogen-bond acceptors (Lipinski definition) is 5. The number of carbonyl (C=O) groups is 1. The van der Waals surface area contributed by atoms with Crippen LogP contribution in [-0.4, -0.2) is 34.7 Å². The molecule has 5 heteroatoms. The van der Waals surface area contributed by atoms with Gasteiger partial charge in [0.2, 0.25) is 0 Å². The maximum atomic E-state index is 12.6. The first-order valence-electron chi connectivity index (χ1n) is 8.39. The number of oxime groups is 1. The summed E-state index contributed by atoms with van der Waals surface area (Å²) in [5.74, 6) is 3.46. The van der Waals surface area contributed by atoms with Crippen LogP contribution in [0.4, 0.5) is 0 Å². The third-order valence-corrected chi connectivity index (χ3v) is 5.65. The lowest BCUT2D eigenvalue weighted by molar-refractivity contribution is -0.117. The molecule has 0 radical (unpaired) electrons. The molecule has 2 rings (SSSR count). The van der Waals surface area contributed by atoms with E-state index in [9.17, 15) is 9.90 Å². The number of aliphatic hydroxyl groups excluding tert-OH is 1. The Labute approximate surface area is 137 Å². The van der Waals surface area contributed by atoms with Gasteiger partial charge in [-0.3, -0.25) is 4.79 Å². The van der Waals surface area contributed by atoms with Gasteiger partial charge in [-0.05, 0) is 49.5 Å². The second kappa shape index (κ2) is 8.61. The Morgan fingerprint density at radius 1 is 1.36 bits per heavy atom. The molecule has 0 saturated carbocycles. The summed E-state index contributed by atoms with van der Waals surface area (Å²) in [7, 11) is 0. The summed E-state index contributed by atoms with van der Waals surface area (Å²) in [4.78, 5) is 17.7. The molecule has 124 valence electrons. The second-order valence-electron chi connectivity index (χ2n) is 6.10. The summed E-state index contributed by atoms with van der Waals surface area (Å²) in [6.45, 7) is 4.37. The van der Waals surface area contributed by atoms with Gasteiger partial charge in [-0.25, -0.2) is 0 Å². The summed E-state index contributed by atoms with van der Waals surface area (Å²) < 4.78 is 0. The van der Waals surface area contributed by atoms with Crippen LogP contribution < -0.4 is 0 Å². The van der Waals surface area contributed by atoms with Crippen molar-refractivity contribution in [3.8, 4) is 0 Å². The van der Waals surface area contributed by atoms with E-state index in [0.717, 1.165) is 12.2 Å². The molecule has 1 N–H and O–H groups in total. The predicted octanol–water partition coefficient (Wildman–Crippen LogP) is 4.11. The zero-order chi connectivity index (χ0) is 15.9. The van der Waals surface area contributed by atoms with Crippen LogP contribution >= 0.6 is 11.8 Å². The van der Waals surface area contributed by atoms with Crippen molar-refractivity contribution < 1.29 is 14.7 Å². The predicted molar refractivity (Wildman–Crippen MR) is 91.4 cm³/mol. The van der Waals surface area contributed by atoms with Crippen LogP contribution in [0.2, 0.25) is 0 Å². The van der Waals surface area contributed by atoms with Crippen molar-refractivity contribution in [1.82, 2.24) is 0 Å². The van der Waals surface area contributed by atoms with E-state index in [0.29, 0.717) is 49.0 Å². The number of Topliss-reactive ketones (excluding diaryl/α,β-unsaturated/α-hetero) is 1. The number of allylic oxidation sites excluding steroid dienone is 2. The highest BCUT2D eigenvalue weighted by Crippen LogP contribution is 2.38. The van der Waals surface area contributed by atoms with Gasteiger partial charge in [0.25, 0.3) is 0 Å². The van der Waals surface area contributed by atoms with Crippen molar-refractivity contribution in [1.29, 1.82) is 0 Å². The molecule has 22 heavy (non-hydrogen) atoms. The Hall–Kier alpha value is -0.970. The van der Waals surface area contributed by atoms with E-state index in [1.165, 1.54) is 18.6 Å². The highest BCUT2D eigenvalue weighted by atomic mass is 32.2. The summed E-state index contributed by atoms with van der Waals surface area (Å²) in [6.07, 6.45) is 5.10. The SMILES string of the molecule is CCC/C(=N/OCC)C1=C(O)C[C@H]([C@@H]2CCCSC2)CC1=O. The van der Waals surface area contributed by atoms with Crippen molar-refractivity contribution >= 4 is 23.3 Å². The summed E-state index contributed by atoms with van der Waals surface area (Å²) in [6, 6.07) is 0. The molecule has 0 aromatic heterocycles. The van der Waals surface area contributed by atoms with Gasteiger partial charge < -0.3 is 9.94 Å². The van der Waals surface area contributed by atoms with Crippen LogP contribution in [-0.2, 0) is 9.63 Å². The van der Waals surface area contributed by atoms with Gasteiger partial charge in [-0.1, -0.05) is 18.5 Å². The molecule has 2 atom stereocenters. The largest absolute Gasteiger partial charge is 0.511 e. The minimum Gasteiger partial charge on any atom is -0.511 e. The standard InChI is InChI=1S/C17H27NO3S/c1-3-6-14(18-21-4-2)17-15(19)9-13(10-16(17)20)12-7-5-8-22-11-12/h12-13,19H,3-11H2,1-2H3/b18-14-/t12-,13+/m1/s1. The van der Waals surface area contributed by atoms with E-state index < -0.39 is 0 Å². The van der Waals surface area contributed by atoms with Crippen molar-refractivity contribution in [2.45, 2.75) is 52.4 Å². The molecule has 0 spiro atoms. The van der Waals surface area contributed by atoms with Crippen LogP contribution in [0.3, 0.4) is 0 Å². The fraction of sp³-hybridized carbons (Fsp3) is 0.765. The monoisotopic (exact) mass is 325 g/mol. The Bertz CT molecular complexity index is 453. The van der Waals surface area contributed by atoms with Crippen molar-refractivity contribution in [3.63, 3.8) is 0 Å². The molecule has 1 fully saturated rings. The topological polar surface area (TPSA) is 58.9 Å². The summed E-state index contributed by atoms with van der Waals surface area (Å²) >= 11 is 1.97. The Balaban J connectivity index is 2.15. The first-order valence-corrected chi connectivity index (χ1v) is 9.55. The van der Waals surface area contributed by atoms with Crippen LogP contribution in [0.5, 0.6) is 0 Å². The van der Waals surface area contributed by atoms with E-state index in [2.05, 4.69) is 5.16 Å². The zero-order valence-corrected chi connectivity index (χ0v) is 14.5.